The molecule has 146 valence electrons. The molecule has 1 aliphatic heterocycles. The van der Waals surface area contributed by atoms with Gasteiger partial charge in [0.2, 0.25) is 0 Å². The molecule has 5 rings (SSSR count). The minimum absolute atomic E-state index is 0.424. The number of fused-ring (bicyclic) bond motifs is 3. The maximum absolute atomic E-state index is 6.43. The molecule has 0 radical (unpaired) electrons. The molecule has 3 nitrogen and oxygen atoms in total. The molecule has 4 aromatic rings. The SMILES string of the molecule is CC1(C)OB(c2cc(Cl)cc3oc4cc(-c5ccccc5)ccc4c23)OC1(C)C. The Balaban J connectivity index is 1.70. The van der Waals surface area contributed by atoms with E-state index in [0.29, 0.717) is 5.02 Å². The van der Waals surface area contributed by atoms with Crippen LogP contribution in [0, 0.1) is 0 Å². The number of benzene rings is 3. The summed E-state index contributed by atoms with van der Waals surface area (Å²) in [5, 5.41) is 2.62. The van der Waals surface area contributed by atoms with Crippen LogP contribution >= 0.6 is 11.6 Å². The molecule has 0 saturated carbocycles. The molecule has 1 saturated heterocycles. The van der Waals surface area contributed by atoms with E-state index in [-0.39, 0.29) is 0 Å². The zero-order valence-corrected chi connectivity index (χ0v) is 17.7. The number of hydrogen-bond acceptors (Lipinski definition) is 3. The molecule has 0 N–H and O–H groups in total. The zero-order valence-electron chi connectivity index (χ0n) is 17.0. The third kappa shape index (κ3) is 2.98. The average Bonchev–Trinajstić information content (AvgIpc) is 3.14. The average molecular weight is 405 g/mol. The Morgan fingerprint density at radius 2 is 1.45 bits per heavy atom. The number of rotatable bonds is 2. The second kappa shape index (κ2) is 6.37. The Kier molecular flexibility index (Phi) is 4.11. The van der Waals surface area contributed by atoms with Crippen molar-refractivity contribution in [2.75, 3.05) is 0 Å². The van der Waals surface area contributed by atoms with E-state index in [0.717, 1.165) is 38.5 Å². The fraction of sp³-hybridized carbons (Fsp3) is 0.250. The molecule has 0 amide bonds. The van der Waals surface area contributed by atoms with E-state index in [2.05, 4.69) is 30.3 Å². The van der Waals surface area contributed by atoms with E-state index in [9.17, 15) is 0 Å². The van der Waals surface area contributed by atoms with Crippen molar-refractivity contribution < 1.29 is 13.7 Å². The van der Waals surface area contributed by atoms with Gasteiger partial charge in [0.05, 0.1) is 11.2 Å². The number of furan rings is 1. The first-order chi connectivity index (χ1) is 13.7. The smallest absolute Gasteiger partial charge is 0.456 e. The van der Waals surface area contributed by atoms with Crippen molar-refractivity contribution in [1.82, 2.24) is 0 Å². The van der Waals surface area contributed by atoms with Gasteiger partial charge in [0.1, 0.15) is 11.2 Å². The van der Waals surface area contributed by atoms with Gasteiger partial charge in [-0.15, -0.1) is 0 Å². The van der Waals surface area contributed by atoms with Gasteiger partial charge in [0.25, 0.3) is 0 Å². The van der Waals surface area contributed by atoms with Crippen LogP contribution in [0.1, 0.15) is 27.7 Å². The minimum Gasteiger partial charge on any atom is -0.456 e. The second-order valence-corrected chi connectivity index (χ2v) is 9.07. The Labute approximate surface area is 175 Å². The summed E-state index contributed by atoms with van der Waals surface area (Å²) in [6.07, 6.45) is 0. The molecule has 1 aliphatic rings. The number of hydrogen-bond donors (Lipinski definition) is 0. The Morgan fingerprint density at radius 3 is 2.14 bits per heavy atom. The maximum atomic E-state index is 6.43. The Bertz CT molecular complexity index is 1210. The fourth-order valence-electron chi connectivity index (χ4n) is 3.87. The van der Waals surface area contributed by atoms with Crippen LogP contribution in [0.15, 0.2) is 65.1 Å². The first-order valence-electron chi connectivity index (χ1n) is 9.82. The summed E-state index contributed by atoms with van der Waals surface area (Å²) in [7, 11) is -0.504. The van der Waals surface area contributed by atoms with Crippen molar-refractivity contribution in [3.63, 3.8) is 0 Å². The lowest BCUT2D eigenvalue weighted by Crippen LogP contribution is -2.41. The van der Waals surface area contributed by atoms with E-state index < -0.39 is 18.3 Å². The molecule has 3 aromatic carbocycles. The van der Waals surface area contributed by atoms with Crippen LogP contribution in [0.25, 0.3) is 33.1 Å². The van der Waals surface area contributed by atoms with Crippen molar-refractivity contribution in [1.29, 1.82) is 0 Å². The predicted octanol–water partition coefficient (Wildman–Crippen LogP) is 6.21. The van der Waals surface area contributed by atoms with Crippen molar-refractivity contribution >= 4 is 46.1 Å². The van der Waals surface area contributed by atoms with Gasteiger partial charge in [0, 0.05) is 21.9 Å². The molecule has 0 bridgehead atoms. The van der Waals surface area contributed by atoms with E-state index in [1.165, 1.54) is 0 Å². The zero-order chi connectivity index (χ0) is 20.4. The van der Waals surface area contributed by atoms with Crippen LogP contribution in [0.3, 0.4) is 0 Å². The van der Waals surface area contributed by atoms with E-state index >= 15 is 0 Å². The highest BCUT2D eigenvalue weighted by atomic mass is 35.5. The molecule has 0 spiro atoms. The molecular formula is C24H22BClO3. The van der Waals surface area contributed by atoms with Gasteiger partial charge in [-0.1, -0.05) is 48.0 Å². The lowest BCUT2D eigenvalue weighted by atomic mass is 9.76. The third-order valence-electron chi connectivity index (χ3n) is 6.18. The molecule has 0 atom stereocenters. The van der Waals surface area contributed by atoms with Crippen LogP contribution in [0.4, 0.5) is 0 Å². The van der Waals surface area contributed by atoms with Crippen LogP contribution in [0.2, 0.25) is 5.02 Å². The van der Waals surface area contributed by atoms with Crippen LogP contribution in [-0.4, -0.2) is 18.3 Å². The van der Waals surface area contributed by atoms with Crippen LogP contribution in [0.5, 0.6) is 0 Å². The maximum Gasteiger partial charge on any atom is 0.495 e. The van der Waals surface area contributed by atoms with Gasteiger partial charge < -0.3 is 13.7 Å². The van der Waals surface area contributed by atoms with Gasteiger partial charge in [0.15, 0.2) is 0 Å². The van der Waals surface area contributed by atoms with Gasteiger partial charge in [-0.3, -0.25) is 0 Å². The van der Waals surface area contributed by atoms with Gasteiger partial charge in [-0.2, -0.15) is 0 Å². The molecule has 5 heteroatoms. The lowest BCUT2D eigenvalue weighted by molar-refractivity contribution is 0.00578. The van der Waals surface area contributed by atoms with Crippen molar-refractivity contribution in [2.45, 2.75) is 38.9 Å². The topological polar surface area (TPSA) is 31.6 Å². The lowest BCUT2D eigenvalue weighted by Gasteiger charge is -2.32. The van der Waals surface area contributed by atoms with Crippen molar-refractivity contribution in [2.24, 2.45) is 0 Å². The standard InChI is InChI=1S/C24H22BClO3/c1-23(2)24(3,4)29-25(28-23)19-13-17(26)14-21-22(19)18-11-10-16(12-20(18)27-21)15-8-6-5-7-9-15/h5-14H,1-4H3. The summed E-state index contributed by atoms with van der Waals surface area (Å²) in [5.74, 6) is 0. The van der Waals surface area contributed by atoms with Crippen molar-refractivity contribution in [3.05, 3.63) is 65.7 Å². The summed E-state index contributed by atoms with van der Waals surface area (Å²) < 4.78 is 18.8. The molecule has 2 heterocycles. The monoisotopic (exact) mass is 404 g/mol. The third-order valence-corrected chi connectivity index (χ3v) is 6.40. The summed E-state index contributed by atoms with van der Waals surface area (Å²) in [5.41, 5.74) is 3.87. The Hall–Kier alpha value is -2.27. The van der Waals surface area contributed by atoms with E-state index in [1.54, 1.807) is 0 Å². The summed E-state index contributed by atoms with van der Waals surface area (Å²) >= 11 is 6.43. The van der Waals surface area contributed by atoms with Gasteiger partial charge >= 0.3 is 7.12 Å². The molecular weight excluding hydrogens is 383 g/mol. The first kappa shape index (κ1) is 18.7. The van der Waals surface area contributed by atoms with Gasteiger partial charge in [-0.05, 0) is 62.5 Å². The normalized spacial score (nSPS) is 18.0. The first-order valence-corrected chi connectivity index (χ1v) is 10.2. The summed E-state index contributed by atoms with van der Waals surface area (Å²) in [4.78, 5) is 0. The van der Waals surface area contributed by atoms with E-state index in [4.69, 9.17) is 25.3 Å². The van der Waals surface area contributed by atoms with Crippen LogP contribution < -0.4 is 5.46 Å². The number of halogens is 1. The summed E-state index contributed by atoms with van der Waals surface area (Å²) in [6, 6.07) is 20.4. The molecule has 1 fully saturated rings. The molecule has 1 aromatic heterocycles. The Morgan fingerprint density at radius 1 is 0.759 bits per heavy atom. The highest BCUT2D eigenvalue weighted by Crippen LogP contribution is 2.39. The molecule has 0 aliphatic carbocycles. The minimum atomic E-state index is -0.504. The van der Waals surface area contributed by atoms with E-state index in [1.807, 2.05) is 58.0 Å². The largest absolute Gasteiger partial charge is 0.495 e. The van der Waals surface area contributed by atoms with Crippen molar-refractivity contribution in [3.8, 4) is 11.1 Å². The predicted molar refractivity (Wildman–Crippen MR) is 120 cm³/mol. The second-order valence-electron chi connectivity index (χ2n) is 8.64. The van der Waals surface area contributed by atoms with Gasteiger partial charge in [-0.25, -0.2) is 0 Å². The fourth-order valence-corrected chi connectivity index (χ4v) is 4.09. The highest BCUT2D eigenvalue weighted by molar-refractivity contribution is 6.66. The summed E-state index contributed by atoms with van der Waals surface area (Å²) in [6.45, 7) is 8.20. The molecule has 29 heavy (non-hydrogen) atoms. The van der Waals surface area contributed by atoms with Crippen LogP contribution in [-0.2, 0) is 9.31 Å². The highest BCUT2D eigenvalue weighted by Gasteiger charge is 2.52. The quantitative estimate of drug-likeness (QED) is 0.372. The molecule has 0 unspecified atom stereocenters.